The van der Waals surface area contributed by atoms with Gasteiger partial charge in [-0.15, -0.1) is 0 Å². The predicted molar refractivity (Wildman–Crippen MR) is 119 cm³/mol. The average Bonchev–Trinajstić information content (AvgIpc) is 3.08. The summed E-state index contributed by atoms with van der Waals surface area (Å²) in [6, 6.07) is 8.51. The molecule has 1 aliphatic rings. The summed E-state index contributed by atoms with van der Waals surface area (Å²) in [4.78, 5) is 5.11. The van der Waals surface area contributed by atoms with E-state index < -0.39 is 0 Å². The summed E-state index contributed by atoms with van der Waals surface area (Å²) in [7, 11) is 3.96. The van der Waals surface area contributed by atoms with E-state index in [1.54, 1.807) is 7.11 Å². The predicted octanol–water partition coefficient (Wildman–Crippen LogP) is 4.00. The van der Waals surface area contributed by atoms with Crippen LogP contribution >= 0.6 is 0 Å². The fraction of sp³-hybridized carbons (Fsp3) is 0.625. The van der Waals surface area contributed by atoms with Gasteiger partial charge in [0, 0.05) is 37.4 Å². The largest absolute Gasteiger partial charge is 0.497 e. The van der Waals surface area contributed by atoms with Gasteiger partial charge in [0.2, 0.25) is 0 Å². The summed E-state index contributed by atoms with van der Waals surface area (Å²) in [5.41, 5.74) is 4.07. The van der Waals surface area contributed by atoms with Crippen molar-refractivity contribution in [3.8, 4) is 5.75 Å². The molecule has 0 unspecified atom stereocenters. The number of nitrogens with zero attached hydrogens (tertiary/aromatic N) is 4. The highest BCUT2D eigenvalue weighted by Gasteiger charge is 2.20. The molecular weight excluding hydrogens is 360 g/mol. The monoisotopic (exact) mass is 398 g/mol. The molecule has 0 amide bonds. The highest BCUT2D eigenvalue weighted by atomic mass is 16.5. The first-order chi connectivity index (χ1) is 14.1. The smallest absolute Gasteiger partial charge is 0.118 e. The Balaban J connectivity index is 1.65. The molecule has 1 fully saturated rings. The zero-order valence-electron chi connectivity index (χ0n) is 18.7. The van der Waals surface area contributed by atoms with Crippen molar-refractivity contribution in [2.75, 3.05) is 40.3 Å². The third-order valence-electron chi connectivity index (χ3n) is 6.26. The van der Waals surface area contributed by atoms with E-state index >= 15 is 0 Å². The SMILES string of the molecule is CCCn1ncc(CN(CCc2ccc(OC)cc2)CC2CCN(C)CC2)c1C. The Morgan fingerprint density at radius 3 is 2.55 bits per heavy atom. The molecule has 3 rings (SSSR count). The van der Waals surface area contributed by atoms with E-state index in [-0.39, 0.29) is 0 Å². The Hall–Kier alpha value is -1.85. The van der Waals surface area contributed by atoms with Gasteiger partial charge in [-0.25, -0.2) is 0 Å². The summed E-state index contributed by atoms with van der Waals surface area (Å²) in [5.74, 6) is 1.73. The molecule has 160 valence electrons. The Morgan fingerprint density at radius 1 is 1.17 bits per heavy atom. The summed E-state index contributed by atoms with van der Waals surface area (Å²) in [6.07, 6.45) is 6.89. The topological polar surface area (TPSA) is 33.5 Å². The summed E-state index contributed by atoms with van der Waals surface area (Å²) in [5, 5.41) is 4.62. The number of piperidine rings is 1. The lowest BCUT2D eigenvalue weighted by Gasteiger charge is -2.33. The number of likely N-dealkylation sites (tertiary alicyclic amines) is 1. The molecule has 5 nitrogen and oxygen atoms in total. The van der Waals surface area contributed by atoms with Gasteiger partial charge < -0.3 is 9.64 Å². The van der Waals surface area contributed by atoms with Crippen molar-refractivity contribution in [1.82, 2.24) is 19.6 Å². The molecule has 1 saturated heterocycles. The van der Waals surface area contributed by atoms with Crippen LogP contribution in [-0.4, -0.2) is 59.9 Å². The number of rotatable bonds is 10. The Kier molecular flexibility index (Phi) is 8.13. The van der Waals surface area contributed by atoms with Crippen LogP contribution in [0, 0.1) is 12.8 Å². The van der Waals surface area contributed by atoms with E-state index in [4.69, 9.17) is 4.74 Å². The van der Waals surface area contributed by atoms with Crippen molar-refractivity contribution >= 4 is 0 Å². The zero-order valence-corrected chi connectivity index (χ0v) is 18.7. The van der Waals surface area contributed by atoms with Gasteiger partial charge in [-0.05, 0) is 76.4 Å². The number of methoxy groups -OCH3 is 1. The molecular formula is C24H38N4O. The van der Waals surface area contributed by atoms with E-state index in [1.807, 2.05) is 0 Å². The molecule has 29 heavy (non-hydrogen) atoms. The minimum atomic E-state index is 0.799. The molecule has 1 aromatic carbocycles. The van der Waals surface area contributed by atoms with Gasteiger partial charge >= 0.3 is 0 Å². The van der Waals surface area contributed by atoms with Gasteiger partial charge in [0.05, 0.1) is 13.3 Å². The fourth-order valence-electron chi connectivity index (χ4n) is 4.24. The standard InChI is InChI=1S/C24H38N4O/c1-5-13-28-20(2)23(17-25-28)19-27(18-22-10-14-26(3)15-11-22)16-12-21-6-8-24(29-4)9-7-21/h6-9,17,22H,5,10-16,18-19H2,1-4H3. The Labute approximate surface area is 176 Å². The highest BCUT2D eigenvalue weighted by molar-refractivity contribution is 5.27. The van der Waals surface area contributed by atoms with Gasteiger partial charge in [0.1, 0.15) is 5.75 Å². The molecule has 0 saturated carbocycles. The van der Waals surface area contributed by atoms with Crippen LogP contribution in [0.2, 0.25) is 0 Å². The first kappa shape index (κ1) is 21.8. The number of hydrogen-bond acceptors (Lipinski definition) is 4. The van der Waals surface area contributed by atoms with Gasteiger partial charge in [0.15, 0.2) is 0 Å². The second kappa shape index (κ2) is 10.8. The van der Waals surface area contributed by atoms with Crippen LogP contribution < -0.4 is 4.74 Å². The maximum Gasteiger partial charge on any atom is 0.118 e. The van der Waals surface area contributed by atoms with Gasteiger partial charge in [-0.1, -0.05) is 19.1 Å². The van der Waals surface area contributed by atoms with E-state index in [0.29, 0.717) is 0 Å². The van der Waals surface area contributed by atoms with Crippen molar-refractivity contribution in [2.45, 2.75) is 52.6 Å². The van der Waals surface area contributed by atoms with Crippen LogP contribution in [0.3, 0.4) is 0 Å². The molecule has 5 heteroatoms. The number of aromatic nitrogens is 2. The van der Waals surface area contributed by atoms with Crippen molar-refractivity contribution in [2.24, 2.45) is 5.92 Å². The normalized spacial score (nSPS) is 15.9. The molecule has 0 aliphatic carbocycles. The van der Waals surface area contributed by atoms with Crippen LogP contribution in [0.5, 0.6) is 5.75 Å². The van der Waals surface area contributed by atoms with Gasteiger partial charge in [0.25, 0.3) is 0 Å². The van der Waals surface area contributed by atoms with E-state index in [2.05, 4.69) is 70.9 Å². The number of aryl methyl sites for hydroxylation is 1. The molecule has 0 spiro atoms. The first-order valence-electron chi connectivity index (χ1n) is 11.1. The van der Waals surface area contributed by atoms with E-state index in [9.17, 15) is 0 Å². The lowest BCUT2D eigenvalue weighted by molar-refractivity contribution is 0.156. The second-order valence-electron chi connectivity index (χ2n) is 8.56. The quantitative estimate of drug-likeness (QED) is 0.606. The molecule has 2 aromatic rings. The Morgan fingerprint density at radius 2 is 1.90 bits per heavy atom. The molecule has 0 bridgehead atoms. The Bertz CT molecular complexity index is 732. The zero-order chi connectivity index (χ0) is 20.6. The van der Waals surface area contributed by atoms with Crippen molar-refractivity contribution < 1.29 is 4.74 Å². The molecule has 0 radical (unpaired) electrons. The average molecular weight is 399 g/mol. The van der Waals surface area contributed by atoms with Crippen LogP contribution in [0.1, 0.15) is 43.0 Å². The number of ether oxygens (including phenoxy) is 1. The molecule has 0 N–H and O–H groups in total. The van der Waals surface area contributed by atoms with Crippen LogP contribution in [0.4, 0.5) is 0 Å². The summed E-state index contributed by atoms with van der Waals surface area (Å²) in [6.45, 7) is 11.1. The van der Waals surface area contributed by atoms with Crippen molar-refractivity contribution in [1.29, 1.82) is 0 Å². The molecule has 0 atom stereocenters. The number of hydrogen-bond donors (Lipinski definition) is 0. The van der Waals surface area contributed by atoms with Crippen LogP contribution in [0.25, 0.3) is 0 Å². The van der Waals surface area contributed by atoms with Gasteiger partial charge in [-0.2, -0.15) is 5.10 Å². The van der Waals surface area contributed by atoms with Gasteiger partial charge in [-0.3, -0.25) is 9.58 Å². The fourth-order valence-corrected chi connectivity index (χ4v) is 4.24. The summed E-state index contributed by atoms with van der Waals surface area (Å²) >= 11 is 0. The maximum absolute atomic E-state index is 5.29. The summed E-state index contributed by atoms with van der Waals surface area (Å²) < 4.78 is 7.45. The molecule has 1 aliphatic heterocycles. The van der Waals surface area contributed by atoms with E-state index in [1.165, 1.54) is 49.3 Å². The van der Waals surface area contributed by atoms with E-state index in [0.717, 1.165) is 44.1 Å². The third kappa shape index (κ3) is 6.31. The lowest BCUT2D eigenvalue weighted by atomic mass is 9.96. The number of benzene rings is 1. The van der Waals surface area contributed by atoms with Crippen molar-refractivity contribution in [3.05, 3.63) is 47.3 Å². The second-order valence-corrected chi connectivity index (χ2v) is 8.56. The maximum atomic E-state index is 5.29. The first-order valence-corrected chi connectivity index (χ1v) is 11.1. The third-order valence-corrected chi connectivity index (χ3v) is 6.26. The highest BCUT2D eigenvalue weighted by Crippen LogP contribution is 2.20. The van der Waals surface area contributed by atoms with Crippen LogP contribution in [-0.2, 0) is 19.5 Å². The minimum absolute atomic E-state index is 0.799. The minimum Gasteiger partial charge on any atom is -0.497 e. The lowest BCUT2D eigenvalue weighted by Crippen LogP contribution is -2.37. The molecule has 1 aromatic heterocycles. The molecule has 2 heterocycles. The van der Waals surface area contributed by atoms with Crippen LogP contribution in [0.15, 0.2) is 30.5 Å². The van der Waals surface area contributed by atoms with Crippen molar-refractivity contribution in [3.63, 3.8) is 0 Å².